The second-order valence-electron chi connectivity index (χ2n) is 7.44. The molecule has 0 atom stereocenters. The lowest BCUT2D eigenvalue weighted by Gasteiger charge is -1.98. The van der Waals surface area contributed by atoms with Gasteiger partial charge in [-0.2, -0.15) is 0 Å². The van der Waals surface area contributed by atoms with Crippen molar-refractivity contribution in [3.63, 3.8) is 0 Å². The Labute approximate surface area is 220 Å². The fraction of sp³-hybridized carbons (Fsp3) is 0.0833. The molecule has 5 aromatic rings. The maximum Gasteiger partial charge on any atom is 0.345 e. The van der Waals surface area contributed by atoms with Crippen LogP contribution in [0.4, 0.5) is 0 Å². The Bertz CT molecular complexity index is 1440. The summed E-state index contributed by atoms with van der Waals surface area (Å²) in [5, 5.41) is 18.5. The zero-order valence-electron chi connectivity index (χ0n) is 17.9. The molecule has 6 nitrogen and oxygen atoms in total. The predicted molar refractivity (Wildman–Crippen MR) is 147 cm³/mol. The van der Waals surface area contributed by atoms with Crippen LogP contribution in [0.25, 0.3) is 39.0 Å². The second-order valence-corrected chi connectivity index (χ2v) is 12.8. The molecule has 6 N–H and O–H groups in total. The van der Waals surface area contributed by atoms with Crippen molar-refractivity contribution in [3.05, 3.63) is 69.4 Å². The van der Waals surface area contributed by atoms with E-state index in [0.717, 1.165) is 50.1 Å². The summed E-state index contributed by atoms with van der Waals surface area (Å²) in [5.41, 5.74) is 14.2. The maximum absolute atomic E-state index is 11.3. The molecule has 35 heavy (non-hydrogen) atoms. The van der Waals surface area contributed by atoms with E-state index in [0.29, 0.717) is 22.8 Å². The van der Waals surface area contributed by atoms with Gasteiger partial charge in [0.15, 0.2) is 0 Å². The number of aromatic carboxylic acids is 2. The minimum atomic E-state index is -0.923. The average molecular weight is 559 g/mol. The number of hydrogen-bond donors (Lipinski definition) is 4. The molecule has 0 saturated carbocycles. The summed E-state index contributed by atoms with van der Waals surface area (Å²) in [5.74, 6) is -1.85. The molecule has 0 radical (unpaired) electrons. The van der Waals surface area contributed by atoms with E-state index in [2.05, 4.69) is 12.1 Å². The number of thiophene rings is 5. The lowest BCUT2D eigenvalue weighted by atomic mass is 10.2. The van der Waals surface area contributed by atoms with Crippen molar-refractivity contribution < 1.29 is 19.8 Å². The number of carboxylic acid groups (broad SMARTS) is 2. The molecule has 0 aliphatic carbocycles. The predicted octanol–water partition coefficient (Wildman–Crippen LogP) is 6.98. The lowest BCUT2D eigenvalue weighted by Crippen LogP contribution is -1.95. The summed E-state index contributed by atoms with van der Waals surface area (Å²) in [7, 11) is 0. The quantitative estimate of drug-likeness (QED) is 0.163. The van der Waals surface area contributed by atoms with E-state index in [1.54, 1.807) is 46.1 Å². The van der Waals surface area contributed by atoms with E-state index in [-0.39, 0.29) is 0 Å². The Balaban J connectivity index is 1.49. The van der Waals surface area contributed by atoms with Crippen molar-refractivity contribution in [1.29, 1.82) is 0 Å². The SMILES string of the molecule is NCc1cc(-c2ccc(C(=O)O)s2)sc1-c1ccc(-c2sc(-c3ccc(C(=O)O)s3)cc2CN)s1. The molecule has 0 aliphatic heterocycles. The highest BCUT2D eigenvalue weighted by molar-refractivity contribution is 7.30. The van der Waals surface area contributed by atoms with Gasteiger partial charge in [-0.25, -0.2) is 9.59 Å². The first-order valence-electron chi connectivity index (χ1n) is 10.3. The molecule has 0 aromatic carbocycles. The summed E-state index contributed by atoms with van der Waals surface area (Å²) in [4.78, 5) is 31.3. The van der Waals surface area contributed by atoms with Gasteiger partial charge < -0.3 is 21.7 Å². The lowest BCUT2D eigenvalue weighted by molar-refractivity contribution is 0.0691. The van der Waals surface area contributed by atoms with Crippen molar-refractivity contribution in [2.75, 3.05) is 0 Å². The highest BCUT2D eigenvalue weighted by Crippen LogP contribution is 2.47. The first-order valence-corrected chi connectivity index (χ1v) is 14.4. The van der Waals surface area contributed by atoms with Crippen molar-refractivity contribution in [1.82, 2.24) is 0 Å². The van der Waals surface area contributed by atoms with E-state index in [1.165, 1.54) is 22.7 Å². The van der Waals surface area contributed by atoms with Crippen LogP contribution < -0.4 is 11.5 Å². The van der Waals surface area contributed by atoms with Gasteiger partial charge >= 0.3 is 11.9 Å². The van der Waals surface area contributed by atoms with Crippen molar-refractivity contribution in [3.8, 4) is 39.0 Å². The molecule has 5 aromatic heterocycles. The molecular weight excluding hydrogens is 541 g/mol. The zero-order valence-corrected chi connectivity index (χ0v) is 22.0. The molecule has 0 spiro atoms. The van der Waals surface area contributed by atoms with E-state index in [1.807, 2.05) is 24.3 Å². The number of hydrogen-bond acceptors (Lipinski definition) is 9. The summed E-state index contributed by atoms with van der Waals surface area (Å²) in [6, 6.07) is 15.2. The number of carbonyl (C=O) groups is 2. The standard InChI is InChI=1S/C24H18N2O4S5/c25-9-11-7-19(13-1-5-17(31-13)23(27)28)34-21(11)15-3-4-16(33-15)22-12(10-26)8-20(35-22)14-2-6-18(32-14)24(29)30/h1-8H,9-10,25-26H2,(H,27,28)(H,29,30). The summed E-state index contributed by atoms with van der Waals surface area (Å²) < 4.78 is 0. The van der Waals surface area contributed by atoms with Gasteiger partial charge in [-0.3, -0.25) is 0 Å². The fourth-order valence-electron chi connectivity index (χ4n) is 3.57. The molecule has 0 fully saturated rings. The van der Waals surface area contributed by atoms with Crippen LogP contribution in [0.5, 0.6) is 0 Å². The molecule has 5 rings (SSSR count). The summed E-state index contributed by atoms with van der Waals surface area (Å²) in [6.07, 6.45) is 0. The highest BCUT2D eigenvalue weighted by Gasteiger charge is 2.19. The number of carboxylic acids is 2. The number of rotatable bonds is 8. The van der Waals surface area contributed by atoms with Crippen LogP contribution in [0.1, 0.15) is 30.5 Å². The molecule has 0 amide bonds. The highest BCUT2D eigenvalue weighted by atomic mass is 32.1. The average Bonchev–Trinajstić information content (AvgIpc) is 3.66. The minimum absolute atomic E-state index is 0.312. The first-order chi connectivity index (χ1) is 16.9. The molecule has 0 bridgehead atoms. The van der Waals surface area contributed by atoms with Crippen LogP contribution in [0.15, 0.2) is 48.5 Å². The Hall–Kier alpha value is -2.64. The Kier molecular flexibility index (Phi) is 6.73. The first kappa shape index (κ1) is 24.1. The molecule has 0 saturated heterocycles. The maximum atomic E-state index is 11.3. The Morgan fingerprint density at radius 2 is 0.971 bits per heavy atom. The second kappa shape index (κ2) is 9.78. The van der Waals surface area contributed by atoms with Gasteiger partial charge in [-0.15, -0.1) is 56.7 Å². The monoisotopic (exact) mass is 558 g/mol. The van der Waals surface area contributed by atoms with Gasteiger partial charge in [0.05, 0.1) is 0 Å². The van der Waals surface area contributed by atoms with Gasteiger partial charge in [-0.05, 0) is 59.7 Å². The third kappa shape index (κ3) is 4.64. The Morgan fingerprint density at radius 1 is 0.571 bits per heavy atom. The molecule has 0 unspecified atom stereocenters. The van der Waals surface area contributed by atoms with E-state index in [4.69, 9.17) is 11.5 Å². The largest absolute Gasteiger partial charge is 0.477 e. The topological polar surface area (TPSA) is 127 Å². The van der Waals surface area contributed by atoms with Crippen LogP contribution in [0.2, 0.25) is 0 Å². The third-order valence-corrected chi connectivity index (χ3v) is 11.6. The summed E-state index contributed by atoms with van der Waals surface area (Å²) >= 11 is 7.41. The van der Waals surface area contributed by atoms with Crippen LogP contribution >= 0.6 is 56.7 Å². The molecular formula is C24H18N2O4S5. The van der Waals surface area contributed by atoms with Gasteiger partial charge in [0.25, 0.3) is 0 Å². The fourth-order valence-corrected chi connectivity index (χ4v) is 9.11. The van der Waals surface area contributed by atoms with Crippen molar-refractivity contribution in [2.45, 2.75) is 13.1 Å². The van der Waals surface area contributed by atoms with Gasteiger partial charge in [0.2, 0.25) is 0 Å². The smallest absolute Gasteiger partial charge is 0.345 e. The van der Waals surface area contributed by atoms with E-state index >= 15 is 0 Å². The van der Waals surface area contributed by atoms with Gasteiger partial charge in [0.1, 0.15) is 9.75 Å². The van der Waals surface area contributed by atoms with Crippen LogP contribution in [-0.2, 0) is 13.1 Å². The normalized spacial score (nSPS) is 11.3. The minimum Gasteiger partial charge on any atom is -0.477 e. The molecule has 11 heteroatoms. The van der Waals surface area contributed by atoms with E-state index < -0.39 is 11.9 Å². The van der Waals surface area contributed by atoms with Crippen LogP contribution in [0.3, 0.4) is 0 Å². The molecule has 0 aliphatic rings. The zero-order chi connectivity index (χ0) is 24.7. The molecule has 5 heterocycles. The number of nitrogens with two attached hydrogens (primary N) is 2. The van der Waals surface area contributed by atoms with Crippen LogP contribution in [0, 0.1) is 0 Å². The third-order valence-electron chi connectivity index (χ3n) is 5.23. The van der Waals surface area contributed by atoms with E-state index in [9.17, 15) is 19.8 Å². The molecule has 178 valence electrons. The Morgan fingerprint density at radius 3 is 1.31 bits per heavy atom. The van der Waals surface area contributed by atoms with Gasteiger partial charge in [0, 0.05) is 52.1 Å². The van der Waals surface area contributed by atoms with Crippen molar-refractivity contribution >= 4 is 68.6 Å². The van der Waals surface area contributed by atoms with Gasteiger partial charge in [-0.1, -0.05) is 0 Å². The van der Waals surface area contributed by atoms with Crippen molar-refractivity contribution in [2.24, 2.45) is 11.5 Å². The summed E-state index contributed by atoms with van der Waals surface area (Å²) in [6.45, 7) is 0.773. The van der Waals surface area contributed by atoms with Crippen LogP contribution in [-0.4, -0.2) is 22.2 Å².